The quantitative estimate of drug-likeness (QED) is 0.862. The maximum Gasteiger partial charge on any atom is 0.357 e. The Kier molecular flexibility index (Phi) is 4.57. The standard InChI is InChI=1S/C15H12ClN3O4/c1-22-14(20)8-3-4-11(10(16)5-8)19-7-9(6-17)12(18)13(19)15(21)23-2/h3-5,7H,18H2,1-2H3. The number of nitrogens with two attached hydrogens (primary N) is 1. The summed E-state index contributed by atoms with van der Waals surface area (Å²) in [5, 5.41) is 9.26. The van der Waals surface area contributed by atoms with Crippen LogP contribution in [0.2, 0.25) is 5.02 Å². The average molecular weight is 334 g/mol. The van der Waals surface area contributed by atoms with Crippen molar-refractivity contribution in [3.63, 3.8) is 0 Å². The van der Waals surface area contributed by atoms with E-state index in [1.807, 2.05) is 6.07 Å². The zero-order chi connectivity index (χ0) is 17.1. The van der Waals surface area contributed by atoms with Crippen molar-refractivity contribution in [2.45, 2.75) is 0 Å². The lowest BCUT2D eigenvalue weighted by Crippen LogP contribution is -2.11. The highest BCUT2D eigenvalue weighted by molar-refractivity contribution is 6.32. The van der Waals surface area contributed by atoms with Crippen molar-refractivity contribution < 1.29 is 19.1 Å². The van der Waals surface area contributed by atoms with Crippen LogP contribution in [-0.2, 0) is 9.47 Å². The van der Waals surface area contributed by atoms with Crippen molar-refractivity contribution in [1.29, 1.82) is 5.26 Å². The highest BCUT2D eigenvalue weighted by atomic mass is 35.5. The number of ether oxygens (including phenoxy) is 2. The Labute approximate surface area is 136 Å². The lowest BCUT2D eigenvalue weighted by atomic mass is 10.2. The lowest BCUT2D eigenvalue weighted by molar-refractivity contribution is 0.0586. The van der Waals surface area contributed by atoms with Crippen molar-refractivity contribution in [3.8, 4) is 11.8 Å². The van der Waals surface area contributed by atoms with Crippen molar-refractivity contribution >= 4 is 29.2 Å². The van der Waals surface area contributed by atoms with E-state index in [0.717, 1.165) is 0 Å². The molecule has 0 fully saturated rings. The number of nitrogen functional groups attached to an aromatic ring is 1. The number of hydrogen-bond acceptors (Lipinski definition) is 6. The van der Waals surface area contributed by atoms with Gasteiger partial charge in [0.25, 0.3) is 0 Å². The summed E-state index contributed by atoms with van der Waals surface area (Å²) in [5.74, 6) is -1.26. The molecule has 0 aliphatic rings. The molecule has 0 atom stereocenters. The maximum atomic E-state index is 11.9. The molecule has 0 radical (unpaired) electrons. The molecule has 0 aliphatic heterocycles. The second-order valence-electron chi connectivity index (χ2n) is 4.44. The number of hydrogen-bond donors (Lipinski definition) is 1. The molecule has 0 bridgehead atoms. The van der Waals surface area contributed by atoms with E-state index in [9.17, 15) is 9.59 Å². The van der Waals surface area contributed by atoms with E-state index >= 15 is 0 Å². The van der Waals surface area contributed by atoms with Crippen LogP contribution < -0.4 is 5.73 Å². The molecule has 0 aliphatic carbocycles. The predicted molar refractivity (Wildman–Crippen MR) is 82.6 cm³/mol. The monoisotopic (exact) mass is 333 g/mol. The van der Waals surface area contributed by atoms with Gasteiger partial charge in [-0.3, -0.25) is 0 Å². The van der Waals surface area contributed by atoms with E-state index in [-0.39, 0.29) is 27.5 Å². The first-order valence-corrected chi connectivity index (χ1v) is 6.69. The number of nitrogens with zero attached hydrogens (tertiary/aromatic N) is 2. The SMILES string of the molecule is COC(=O)c1ccc(-n2cc(C#N)c(N)c2C(=O)OC)c(Cl)c1. The van der Waals surface area contributed by atoms with Crippen LogP contribution in [0.3, 0.4) is 0 Å². The third-order valence-electron chi connectivity index (χ3n) is 3.17. The summed E-state index contributed by atoms with van der Waals surface area (Å²) >= 11 is 6.19. The molecule has 118 valence electrons. The molecule has 1 heterocycles. The molecule has 2 aromatic rings. The fourth-order valence-electron chi connectivity index (χ4n) is 2.05. The van der Waals surface area contributed by atoms with E-state index in [1.165, 1.54) is 43.2 Å². The maximum absolute atomic E-state index is 11.9. The Bertz CT molecular complexity index is 836. The summed E-state index contributed by atoms with van der Waals surface area (Å²) in [6, 6.07) is 6.29. The highest BCUT2D eigenvalue weighted by Crippen LogP contribution is 2.29. The number of anilines is 1. The summed E-state index contributed by atoms with van der Waals surface area (Å²) in [6.07, 6.45) is 1.38. The minimum Gasteiger partial charge on any atom is -0.465 e. The first-order chi connectivity index (χ1) is 10.9. The van der Waals surface area contributed by atoms with Gasteiger partial charge in [-0.2, -0.15) is 5.26 Å². The molecule has 0 amide bonds. The number of halogens is 1. The van der Waals surface area contributed by atoms with Gasteiger partial charge in [-0.25, -0.2) is 9.59 Å². The van der Waals surface area contributed by atoms with Crippen LogP contribution in [0.25, 0.3) is 5.69 Å². The van der Waals surface area contributed by atoms with Gasteiger partial charge in [0.15, 0.2) is 5.69 Å². The van der Waals surface area contributed by atoms with E-state index in [0.29, 0.717) is 5.69 Å². The van der Waals surface area contributed by atoms with Crippen LogP contribution in [0.4, 0.5) is 5.69 Å². The lowest BCUT2D eigenvalue weighted by Gasteiger charge is -2.11. The van der Waals surface area contributed by atoms with Crippen molar-refractivity contribution in [3.05, 3.63) is 46.2 Å². The number of rotatable bonds is 3. The van der Waals surface area contributed by atoms with Gasteiger partial charge in [0.05, 0.1) is 41.7 Å². The van der Waals surface area contributed by atoms with Crippen LogP contribution >= 0.6 is 11.6 Å². The number of aromatic nitrogens is 1. The Morgan fingerprint density at radius 3 is 2.43 bits per heavy atom. The van der Waals surface area contributed by atoms with E-state index < -0.39 is 11.9 Å². The topological polar surface area (TPSA) is 107 Å². The number of methoxy groups -OCH3 is 2. The van der Waals surface area contributed by atoms with E-state index in [2.05, 4.69) is 9.47 Å². The smallest absolute Gasteiger partial charge is 0.357 e. The molecule has 2 N–H and O–H groups in total. The summed E-state index contributed by atoms with van der Waals surface area (Å²) in [7, 11) is 2.46. The van der Waals surface area contributed by atoms with Gasteiger partial charge in [-0.05, 0) is 18.2 Å². The van der Waals surface area contributed by atoms with Gasteiger partial charge in [-0.15, -0.1) is 0 Å². The molecule has 1 aromatic heterocycles. The summed E-state index contributed by atoms with van der Waals surface area (Å²) < 4.78 is 10.7. The minimum atomic E-state index is -0.711. The first kappa shape index (κ1) is 16.4. The normalized spacial score (nSPS) is 10.0. The number of carbonyl (C=O) groups excluding carboxylic acids is 2. The number of nitriles is 1. The number of carbonyl (C=O) groups is 2. The highest BCUT2D eigenvalue weighted by Gasteiger charge is 2.23. The summed E-state index contributed by atoms with van der Waals surface area (Å²) in [4.78, 5) is 23.5. The van der Waals surface area contributed by atoms with Gasteiger partial charge in [0, 0.05) is 6.20 Å². The molecule has 1 aromatic carbocycles. The molecule has 0 saturated heterocycles. The molecule has 8 heteroatoms. The van der Waals surface area contributed by atoms with Gasteiger partial charge >= 0.3 is 11.9 Å². The van der Waals surface area contributed by atoms with Crippen molar-refractivity contribution in [1.82, 2.24) is 4.57 Å². The second-order valence-corrected chi connectivity index (χ2v) is 4.84. The number of benzene rings is 1. The molecular weight excluding hydrogens is 322 g/mol. The number of esters is 2. The minimum absolute atomic E-state index is 0.00698. The zero-order valence-electron chi connectivity index (χ0n) is 12.3. The van der Waals surface area contributed by atoms with Gasteiger partial charge in [0.2, 0.25) is 0 Å². The Hall–Kier alpha value is -2.98. The fraction of sp³-hybridized carbons (Fsp3) is 0.133. The molecule has 2 rings (SSSR count). The van der Waals surface area contributed by atoms with Gasteiger partial charge < -0.3 is 19.8 Å². The zero-order valence-corrected chi connectivity index (χ0v) is 13.0. The van der Waals surface area contributed by atoms with Crippen LogP contribution in [0.5, 0.6) is 0 Å². The third-order valence-corrected chi connectivity index (χ3v) is 3.47. The van der Waals surface area contributed by atoms with Crippen LogP contribution in [-0.4, -0.2) is 30.7 Å². The molecule has 0 spiro atoms. The van der Waals surface area contributed by atoms with E-state index in [4.69, 9.17) is 22.6 Å². The largest absolute Gasteiger partial charge is 0.465 e. The molecule has 0 saturated carbocycles. The molecule has 7 nitrogen and oxygen atoms in total. The molecule has 0 unspecified atom stereocenters. The van der Waals surface area contributed by atoms with Crippen molar-refractivity contribution in [2.75, 3.05) is 20.0 Å². The second kappa shape index (κ2) is 6.42. The Morgan fingerprint density at radius 1 is 1.26 bits per heavy atom. The van der Waals surface area contributed by atoms with Gasteiger partial charge in [0.1, 0.15) is 6.07 Å². The van der Waals surface area contributed by atoms with Crippen molar-refractivity contribution in [2.24, 2.45) is 0 Å². The Balaban J connectivity index is 2.65. The van der Waals surface area contributed by atoms with Gasteiger partial charge in [-0.1, -0.05) is 11.6 Å². The van der Waals surface area contributed by atoms with E-state index in [1.54, 1.807) is 0 Å². The van der Waals surface area contributed by atoms with Crippen LogP contribution in [0.15, 0.2) is 24.4 Å². The third kappa shape index (κ3) is 2.84. The average Bonchev–Trinajstić information content (AvgIpc) is 2.89. The van der Waals surface area contributed by atoms with Crippen LogP contribution in [0.1, 0.15) is 26.4 Å². The summed E-state index contributed by atoms with van der Waals surface area (Å²) in [6.45, 7) is 0. The van der Waals surface area contributed by atoms with Crippen LogP contribution in [0, 0.1) is 11.3 Å². The Morgan fingerprint density at radius 2 is 1.91 bits per heavy atom. The molecule has 23 heavy (non-hydrogen) atoms. The first-order valence-electron chi connectivity index (χ1n) is 6.32. The fourth-order valence-corrected chi connectivity index (χ4v) is 2.32. The predicted octanol–water partition coefficient (Wildman–Crippen LogP) is 2.16. The summed E-state index contributed by atoms with van der Waals surface area (Å²) in [5.41, 5.74) is 6.52. The molecular formula is C15H12ClN3O4.